The lowest BCUT2D eigenvalue weighted by molar-refractivity contribution is 0.0950. The van der Waals surface area contributed by atoms with Crippen molar-refractivity contribution < 1.29 is 13.6 Å². The molecule has 1 aromatic heterocycles. The minimum atomic E-state index is -0.496. The van der Waals surface area contributed by atoms with Crippen molar-refractivity contribution in [2.45, 2.75) is 6.54 Å². The molecule has 0 unspecified atom stereocenters. The third-order valence-electron chi connectivity index (χ3n) is 2.30. The average molecular weight is 288 g/mol. The van der Waals surface area contributed by atoms with E-state index in [1.54, 1.807) is 6.07 Å². The molecule has 2 rings (SSSR count). The Morgan fingerprint density at radius 2 is 2.11 bits per heavy atom. The molecule has 0 spiro atoms. The van der Waals surface area contributed by atoms with Crippen molar-refractivity contribution in [1.29, 1.82) is 0 Å². The number of rotatable bonds is 3. The van der Waals surface area contributed by atoms with Gasteiger partial charge in [0.15, 0.2) is 0 Å². The van der Waals surface area contributed by atoms with Crippen molar-refractivity contribution in [2.24, 2.45) is 0 Å². The SMILES string of the molecule is O=C(NCc1ccc(F)c(Cl)c1)c1ccoc1Cl. The number of carbonyl (C=O) groups excluding carboxylic acids is 1. The molecule has 0 fully saturated rings. The van der Waals surface area contributed by atoms with Gasteiger partial charge in [0.1, 0.15) is 5.82 Å². The second kappa shape index (κ2) is 5.42. The molecular formula is C12H8Cl2FNO2. The largest absolute Gasteiger partial charge is 0.452 e. The fraction of sp³-hybridized carbons (Fsp3) is 0.0833. The molecular weight excluding hydrogens is 280 g/mol. The normalized spacial score (nSPS) is 10.4. The van der Waals surface area contributed by atoms with E-state index in [1.165, 1.54) is 24.5 Å². The first-order valence-corrected chi connectivity index (χ1v) is 5.78. The topological polar surface area (TPSA) is 42.2 Å². The standard InChI is InChI=1S/C12H8Cl2FNO2/c13-9-5-7(1-2-10(9)15)6-16-12(17)8-3-4-18-11(8)14/h1-5H,6H2,(H,16,17). The lowest BCUT2D eigenvalue weighted by Gasteiger charge is -2.05. The van der Waals surface area contributed by atoms with Gasteiger partial charge in [0.25, 0.3) is 5.91 Å². The molecule has 0 aliphatic heterocycles. The Bertz CT molecular complexity index is 583. The summed E-state index contributed by atoms with van der Waals surface area (Å²) in [7, 11) is 0. The van der Waals surface area contributed by atoms with Gasteiger partial charge < -0.3 is 9.73 Å². The van der Waals surface area contributed by atoms with E-state index in [9.17, 15) is 9.18 Å². The smallest absolute Gasteiger partial charge is 0.256 e. The first kappa shape index (κ1) is 12.9. The van der Waals surface area contributed by atoms with Gasteiger partial charge in [-0.1, -0.05) is 17.7 Å². The number of amides is 1. The van der Waals surface area contributed by atoms with Gasteiger partial charge in [0, 0.05) is 6.54 Å². The van der Waals surface area contributed by atoms with Crippen LogP contribution < -0.4 is 5.32 Å². The molecule has 0 aliphatic carbocycles. The van der Waals surface area contributed by atoms with Crippen LogP contribution in [0.2, 0.25) is 10.2 Å². The van der Waals surface area contributed by atoms with Crippen LogP contribution in [0.5, 0.6) is 0 Å². The van der Waals surface area contributed by atoms with Crippen molar-refractivity contribution in [3.63, 3.8) is 0 Å². The first-order chi connectivity index (χ1) is 8.58. The number of hydrogen-bond acceptors (Lipinski definition) is 2. The number of halogens is 3. The van der Waals surface area contributed by atoms with Crippen LogP contribution in [0, 0.1) is 5.82 Å². The molecule has 0 aliphatic rings. The Morgan fingerprint density at radius 3 is 2.72 bits per heavy atom. The fourth-order valence-electron chi connectivity index (χ4n) is 1.38. The van der Waals surface area contributed by atoms with Crippen molar-refractivity contribution in [3.8, 4) is 0 Å². The molecule has 6 heteroatoms. The van der Waals surface area contributed by atoms with Gasteiger partial charge in [0.05, 0.1) is 16.8 Å². The zero-order valence-electron chi connectivity index (χ0n) is 9.04. The third kappa shape index (κ3) is 2.83. The van der Waals surface area contributed by atoms with E-state index in [1.807, 2.05) is 0 Å². The van der Waals surface area contributed by atoms with Gasteiger partial charge >= 0.3 is 0 Å². The Kier molecular flexibility index (Phi) is 3.89. The quantitative estimate of drug-likeness (QED) is 0.936. The number of carbonyl (C=O) groups is 1. The summed E-state index contributed by atoms with van der Waals surface area (Å²) in [5.74, 6) is -0.862. The highest BCUT2D eigenvalue weighted by molar-refractivity contribution is 6.32. The molecule has 94 valence electrons. The maximum atomic E-state index is 12.9. The van der Waals surface area contributed by atoms with E-state index in [0.717, 1.165) is 0 Å². The highest BCUT2D eigenvalue weighted by Gasteiger charge is 2.12. The monoisotopic (exact) mass is 287 g/mol. The maximum absolute atomic E-state index is 12.9. The number of hydrogen-bond donors (Lipinski definition) is 1. The van der Waals surface area contributed by atoms with Crippen LogP contribution in [0.4, 0.5) is 4.39 Å². The number of nitrogens with one attached hydrogen (secondary N) is 1. The van der Waals surface area contributed by atoms with Crippen LogP contribution in [0.1, 0.15) is 15.9 Å². The lowest BCUT2D eigenvalue weighted by Crippen LogP contribution is -2.22. The van der Waals surface area contributed by atoms with Gasteiger partial charge in [-0.2, -0.15) is 0 Å². The summed E-state index contributed by atoms with van der Waals surface area (Å²) in [5, 5.41) is 2.67. The van der Waals surface area contributed by atoms with Crippen molar-refractivity contribution >= 4 is 29.1 Å². The lowest BCUT2D eigenvalue weighted by atomic mass is 10.2. The summed E-state index contributed by atoms with van der Waals surface area (Å²) in [4.78, 5) is 11.7. The van der Waals surface area contributed by atoms with Crippen LogP contribution in [0.3, 0.4) is 0 Å². The molecule has 0 saturated carbocycles. The summed E-state index contributed by atoms with van der Waals surface area (Å²) in [6.45, 7) is 0.223. The first-order valence-electron chi connectivity index (χ1n) is 5.03. The predicted octanol–water partition coefficient (Wildman–Crippen LogP) is 3.66. The maximum Gasteiger partial charge on any atom is 0.256 e. The molecule has 1 N–H and O–H groups in total. The van der Waals surface area contributed by atoms with E-state index < -0.39 is 5.82 Å². The summed E-state index contributed by atoms with van der Waals surface area (Å²) in [6.07, 6.45) is 1.33. The van der Waals surface area contributed by atoms with E-state index in [-0.39, 0.29) is 28.3 Å². The van der Waals surface area contributed by atoms with E-state index >= 15 is 0 Å². The zero-order valence-corrected chi connectivity index (χ0v) is 10.6. The van der Waals surface area contributed by atoms with Gasteiger partial charge in [0.2, 0.25) is 5.22 Å². The van der Waals surface area contributed by atoms with E-state index in [2.05, 4.69) is 5.32 Å². The number of benzene rings is 1. The highest BCUT2D eigenvalue weighted by Crippen LogP contribution is 2.18. The highest BCUT2D eigenvalue weighted by atomic mass is 35.5. The van der Waals surface area contributed by atoms with Gasteiger partial charge in [-0.05, 0) is 35.4 Å². The molecule has 0 bridgehead atoms. The fourth-order valence-corrected chi connectivity index (χ4v) is 1.79. The number of furan rings is 1. The van der Waals surface area contributed by atoms with E-state index in [0.29, 0.717) is 5.56 Å². The Hall–Kier alpha value is -1.52. The van der Waals surface area contributed by atoms with Crippen molar-refractivity contribution in [2.75, 3.05) is 0 Å². The molecule has 1 amide bonds. The minimum Gasteiger partial charge on any atom is -0.452 e. The molecule has 0 saturated heterocycles. The Balaban J connectivity index is 2.02. The van der Waals surface area contributed by atoms with Crippen molar-refractivity contribution in [3.05, 3.63) is 57.7 Å². The molecule has 18 heavy (non-hydrogen) atoms. The average Bonchev–Trinajstić information content (AvgIpc) is 2.77. The molecule has 3 nitrogen and oxygen atoms in total. The molecule has 2 aromatic rings. The molecule has 0 atom stereocenters. The van der Waals surface area contributed by atoms with Crippen LogP contribution in [0.15, 0.2) is 34.9 Å². The van der Waals surface area contributed by atoms with Crippen LogP contribution in [-0.4, -0.2) is 5.91 Å². The van der Waals surface area contributed by atoms with Crippen LogP contribution in [-0.2, 0) is 6.54 Å². The van der Waals surface area contributed by atoms with Crippen molar-refractivity contribution in [1.82, 2.24) is 5.32 Å². The van der Waals surface area contributed by atoms with E-state index in [4.69, 9.17) is 27.6 Å². The third-order valence-corrected chi connectivity index (χ3v) is 2.88. The van der Waals surface area contributed by atoms with Gasteiger partial charge in [-0.15, -0.1) is 0 Å². The Morgan fingerprint density at radius 1 is 1.33 bits per heavy atom. The van der Waals surface area contributed by atoms with Gasteiger partial charge in [-0.3, -0.25) is 4.79 Å². The van der Waals surface area contributed by atoms with Gasteiger partial charge in [-0.25, -0.2) is 4.39 Å². The zero-order chi connectivity index (χ0) is 13.1. The summed E-state index contributed by atoms with van der Waals surface area (Å²) >= 11 is 11.3. The predicted molar refractivity (Wildman–Crippen MR) is 66.3 cm³/mol. The molecule has 0 radical (unpaired) electrons. The summed E-state index contributed by atoms with van der Waals surface area (Å²) in [6, 6.07) is 5.70. The van der Waals surface area contributed by atoms with Crippen LogP contribution >= 0.6 is 23.2 Å². The van der Waals surface area contributed by atoms with Crippen LogP contribution in [0.25, 0.3) is 0 Å². The summed E-state index contributed by atoms with van der Waals surface area (Å²) in [5.41, 5.74) is 0.944. The summed E-state index contributed by atoms with van der Waals surface area (Å²) < 4.78 is 17.7. The second-order valence-corrected chi connectivity index (χ2v) is 4.29. The Labute approximate surface area is 112 Å². The minimum absolute atomic E-state index is 0.0168. The molecule has 1 heterocycles. The second-order valence-electron chi connectivity index (χ2n) is 3.54. The molecule has 1 aromatic carbocycles.